The van der Waals surface area contributed by atoms with E-state index in [0.717, 1.165) is 13.0 Å². The molecule has 0 bridgehead atoms. The zero-order chi connectivity index (χ0) is 8.04. The Bertz CT molecular complexity index is 106. The number of carbonyl (C=O) groups excluding carboxylic acids is 1. The van der Waals surface area contributed by atoms with Gasteiger partial charge in [-0.1, -0.05) is 21.6 Å². The van der Waals surface area contributed by atoms with Crippen molar-refractivity contribution < 1.29 is 4.79 Å². The summed E-state index contributed by atoms with van der Waals surface area (Å²) in [4.78, 5) is 9.93. The lowest BCUT2D eigenvalue weighted by Crippen LogP contribution is -2.30. The average Bonchev–Trinajstić information content (AvgIpc) is 1.84. The molecule has 1 amide bonds. The number of amides is 1. The zero-order valence-electron chi connectivity index (χ0n) is 6.51. The summed E-state index contributed by atoms with van der Waals surface area (Å²) in [5, 5.41) is 2.66. The van der Waals surface area contributed by atoms with Crippen molar-refractivity contribution in [2.75, 3.05) is 12.8 Å². The van der Waals surface area contributed by atoms with Gasteiger partial charge in [-0.05, 0) is 20.1 Å². The molecule has 0 aromatic rings. The van der Waals surface area contributed by atoms with Gasteiger partial charge in [-0.25, -0.2) is 0 Å². The number of rotatable bonds is 5. The normalized spacial score (nSPS) is 11.1. The summed E-state index contributed by atoms with van der Waals surface area (Å²) in [6, 6.07) is 0. The van der Waals surface area contributed by atoms with Crippen LogP contribution in [0.1, 0.15) is 13.8 Å². The molecule has 0 aliphatic rings. The van der Waals surface area contributed by atoms with Crippen molar-refractivity contribution in [3.8, 4) is 0 Å². The van der Waals surface area contributed by atoms with Crippen molar-refractivity contribution in [3.63, 3.8) is 0 Å². The molecular formula is C6H13NOS2. The first-order chi connectivity index (χ1) is 4.62. The van der Waals surface area contributed by atoms with Crippen molar-refractivity contribution in [1.82, 2.24) is 5.32 Å². The van der Waals surface area contributed by atoms with Crippen LogP contribution < -0.4 is 5.32 Å². The quantitative estimate of drug-likeness (QED) is 0.512. The largest absolute Gasteiger partial charge is 0.357 e. The highest BCUT2D eigenvalue weighted by Crippen LogP contribution is 2.32. The van der Waals surface area contributed by atoms with E-state index in [4.69, 9.17) is 0 Å². The number of hydrogen-bond acceptors (Lipinski definition) is 3. The Kier molecular flexibility index (Phi) is 4.99. The molecule has 1 N–H and O–H groups in total. The minimum atomic E-state index is 0.139. The van der Waals surface area contributed by atoms with Crippen LogP contribution in [0.5, 0.6) is 0 Å². The van der Waals surface area contributed by atoms with Crippen molar-refractivity contribution >= 4 is 28.0 Å². The molecule has 0 atom stereocenters. The van der Waals surface area contributed by atoms with Crippen LogP contribution in [-0.2, 0) is 4.79 Å². The molecule has 10 heavy (non-hydrogen) atoms. The Labute approximate surface area is 69.9 Å². The topological polar surface area (TPSA) is 29.1 Å². The van der Waals surface area contributed by atoms with Crippen molar-refractivity contribution in [1.29, 1.82) is 0 Å². The van der Waals surface area contributed by atoms with Gasteiger partial charge in [0.1, 0.15) is 0 Å². The van der Waals surface area contributed by atoms with E-state index in [0.29, 0.717) is 0 Å². The molecule has 0 saturated heterocycles. The highest BCUT2D eigenvalue weighted by Gasteiger charge is 2.16. The van der Waals surface area contributed by atoms with E-state index in [1.165, 1.54) is 0 Å². The number of hydrogen-bond donors (Lipinski definition) is 1. The van der Waals surface area contributed by atoms with Crippen molar-refractivity contribution in [2.45, 2.75) is 18.6 Å². The molecule has 0 radical (unpaired) electrons. The van der Waals surface area contributed by atoms with Crippen LogP contribution in [0.2, 0.25) is 0 Å². The maximum atomic E-state index is 9.93. The monoisotopic (exact) mass is 179 g/mol. The van der Waals surface area contributed by atoms with Gasteiger partial charge in [0.15, 0.2) is 0 Å². The first kappa shape index (κ1) is 10.2. The first-order valence-electron chi connectivity index (χ1n) is 3.01. The van der Waals surface area contributed by atoms with E-state index in [9.17, 15) is 4.79 Å². The van der Waals surface area contributed by atoms with Gasteiger partial charge >= 0.3 is 0 Å². The molecule has 0 aromatic heterocycles. The molecule has 0 aliphatic heterocycles. The van der Waals surface area contributed by atoms with Gasteiger partial charge in [0.2, 0.25) is 6.41 Å². The molecule has 0 unspecified atom stereocenters. The molecule has 0 spiro atoms. The van der Waals surface area contributed by atoms with E-state index in [1.807, 2.05) is 6.26 Å². The molecule has 0 aromatic carbocycles. The fourth-order valence-electron chi connectivity index (χ4n) is 0.543. The summed E-state index contributed by atoms with van der Waals surface area (Å²) >= 11 is 0. The van der Waals surface area contributed by atoms with E-state index in [2.05, 4.69) is 19.2 Å². The maximum absolute atomic E-state index is 9.93. The highest BCUT2D eigenvalue weighted by molar-refractivity contribution is 8.76. The molecule has 0 saturated carbocycles. The Balaban J connectivity index is 3.51. The Morgan fingerprint density at radius 2 is 2.20 bits per heavy atom. The summed E-state index contributed by atoms with van der Waals surface area (Å²) in [7, 11) is 3.49. The Hall–Kier alpha value is 0.170. The predicted octanol–water partition coefficient (Wildman–Crippen LogP) is 1.52. The third-order valence-corrected chi connectivity index (χ3v) is 3.54. The summed E-state index contributed by atoms with van der Waals surface area (Å²) in [6.07, 6.45) is 2.77. The van der Waals surface area contributed by atoms with Gasteiger partial charge in [0, 0.05) is 11.3 Å². The van der Waals surface area contributed by atoms with E-state index < -0.39 is 0 Å². The minimum Gasteiger partial charge on any atom is -0.357 e. The molecule has 0 rings (SSSR count). The van der Waals surface area contributed by atoms with Gasteiger partial charge < -0.3 is 5.32 Å². The second kappa shape index (κ2) is 4.91. The van der Waals surface area contributed by atoms with Crippen molar-refractivity contribution in [2.24, 2.45) is 0 Å². The molecule has 0 heterocycles. The van der Waals surface area contributed by atoms with Gasteiger partial charge in [-0.3, -0.25) is 4.79 Å². The minimum absolute atomic E-state index is 0.139. The first-order valence-corrected chi connectivity index (χ1v) is 5.57. The van der Waals surface area contributed by atoms with Crippen LogP contribution in [0.15, 0.2) is 0 Å². The van der Waals surface area contributed by atoms with Gasteiger partial charge in [-0.15, -0.1) is 0 Å². The summed E-state index contributed by atoms with van der Waals surface area (Å²) in [5.74, 6) is 0. The molecular weight excluding hydrogens is 166 g/mol. The lowest BCUT2D eigenvalue weighted by Gasteiger charge is -2.21. The second-order valence-electron chi connectivity index (χ2n) is 2.51. The Morgan fingerprint density at radius 3 is 2.60 bits per heavy atom. The fraction of sp³-hybridized carbons (Fsp3) is 0.833. The van der Waals surface area contributed by atoms with E-state index in [1.54, 1.807) is 21.6 Å². The van der Waals surface area contributed by atoms with Gasteiger partial charge in [-0.2, -0.15) is 0 Å². The van der Waals surface area contributed by atoms with Crippen LogP contribution >= 0.6 is 21.6 Å². The average molecular weight is 179 g/mol. The molecule has 0 fully saturated rings. The number of nitrogens with one attached hydrogen (secondary N) is 1. The lowest BCUT2D eigenvalue weighted by atomic mass is 10.2. The molecule has 60 valence electrons. The third-order valence-electron chi connectivity index (χ3n) is 0.920. The van der Waals surface area contributed by atoms with Gasteiger partial charge in [0.05, 0.1) is 0 Å². The molecule has 4 heteroatoms. The zero-order valence-corrected chi connectivity index (χ0v) is 8.14. The lowest BCUT2D eigenvalue weighted by molar-refractivity contribution is -0.109. The number of carbonyl (C=O) groups is 1. The van der Waals surface area contributed by atoms with E-state index >= 15 is 0 Å². The summed E-state index contributed by atoms with van der Waals surface area (Å²) in [5.41, 5.74) is 0. The van der Waals surface area contributed by atoms with Crippen LogP contribution in [0.4, 0.5) is 0 Å². The van der Waals surface area contributed by atoms with Crippen molar-refractivity contribution in [3.05, 3.63) is 0 Å². The SMILES string of the molecule is CSSC(C)(C)CNC=O. The highest BCUT2D eigenvalue weighted by atomic mass is 33.1. The van der Waals surface area contributed by atoms with Crippen LogP contribution in [0.25, 0.3) is 0 Å². The fourth-order valence-corrected chi connectivity index (χ4v) is 2.67. The maximum Gasteiger partial charge on any atom is 0.207 e. The molecule has 2 nitrogen and oxygen atoms in total. The predicted molar refractivity (Wildman–Crippen MR) is 49.3 cm³/mol. The summed E-state index contributed by atoms with van der Waals surface area (Å²) < 4.78 is 0.139. The van der Waals surface area contributed by atoms with Crippen LogP contribution in [0.3, 0.4) is 0 Å². The van der Waals surface area contributed by atoms with Crippen LogP contribution in [0, 0.1) is 0 Å². The van der Waals surface area contributed by atoms with Crippen LogP contribution in [-0.4, -0.2) is 24.0 Å². The standard InChI is InChI=1S/C6H13NOS2/c1-6(2,10-9-3)4-7-5-8/h5H,4H2,1-3H3,(H,7,8). The molecule has 0 aliphatic carbocycles. The second-order valence-corrected chi connectivity index (χ2v) is 5.61. The van der Waals surface area contributed by atoms with E-state index in [-0.39, 0.29) is 4.75 Å². The summed E-state index contributed by atoms with van der Waals surface area (Å²) in [6.45, 7) is 4.93. The van der Waals surface area contributed by atoms with Gasteiger partial charge in [0.25, 0.3) is 0 Å². The smallest absolute Gasteiger partial charge is 0.207 e. The third kappa shape index (κ3) is 4.99. The Morgan fingerprint density at radius 1 is 1.60 bits per heavy atom.